The van der Waals surface area contributed by atoms with E-state index in [-0.39, 0.29) is 85.6 Å². The number of carbonyl (C=O) groups excluding carboxylic acids is 5. The number of nitrogens with zero attached hydrogens (tertiary/aromatic N) is 8. The van der Waals surface area contributed by atoms with E-state index in [2.05, 4.69) is 55.4 Å². The molecule has 9 aromatic carbocycles. The summed E-state index contributed by atoms with van der Waals surface area (Å²) in [6.07, 6.45) is 19.7. The Labute approximate surface area is 747 Å². The SMILES string of the molecule is CCC[C@H](NC(=O)/C(C#N)=C/c1c(Cl)ccc(C)c1F)c1ccccc1.CCC[C@H](NC(=O)/C(C#N)=C/c1c(F)ccc(Cl)c1F)c1ccccc1.CCC[C@H](NC(=O)/C(C#N)=C/c1ccc([N+](=O)[O-])cc1)c1ccccc1.CCC[C@H](NC(=O)/C(C#N)=C/c1ccnc2ccccc12)c1ccccc1.CCC[C@H](NC(=O)/C(C#N)=C/c1ncc[nH]1)c1ccccc1. The second kappa shape index (κ2) is 53.0. The predicted octanol–water partition coefficient (Wildman–Crippen LogP) is 22.5. The van der Waals surface area contributed by atoms with Crippen LogP contribution in [0, 0.1) is 91.1 Å². The highest BCUT2D eigenvalue weighted by Gasteiger charge is 2.25. The van der Waals surface area contributed by atoms with Gasteiger partial charge in [-0.3, -0.25) is 39.1 Å². The molecule has 0 aliphatic heterocycles. The van der Waals surface area contributed by atoms with Crippen LogP contribution in [0.3, 0.4) is 0 Å². The molecule has 127 heavy (non-hydrogen) atoms. The highest BCUT2D eigenvalue weighted by Crippen LogP contribution is 2.30. The van der Waals surface area contributed by atoms with Crippen molar-refractivity contribution in [2.45, 2.75) is 136 Å². The highest BCUT2D eigenvalue weighted by atomic mass is 35.5. The van der Waals surface area contributed by atoms with E-state index in [1.54, 1.807) is 49.8 Å². The zero-order valence-corrected chi connectivity index (χ0v) is 72.4. The number of fused-ring (bicyclic) bond motifs is 1. The summed E-state index contributed by atoms with van der Waals surface area (Å²) in [5.41, 5.74) is 6.46. The number of non-ortho nitro benzene ring substituents is 1. The third-order valence-electron chi connectivity index (χ3n) is 19.4. The molecule has 0 unspecified atom stereocenters. The third kappa shape index (κ3) is 31.0. The lowest BCUT2D eigenvalue weighted by Crippen LogP contribution is -2.29. The van der Waals surface area contributed by atoms with Gasteiger partial charge in [-0.05, 0) is 150 Å². The Morgan fingerprint density at radius 1 is 0.409 bits per heavy atom. The summed E-state index contributed by atoms with van der Waals surface area (Å²) in [4.78, 5) is 84.0. The first-order chi connectivity index (χ1) is 61.5. The first-order valence-electron chi connectivity index (χ1n) is 41.0. The van der Waals surface area contributed by atoms with Crippen LogP contribution >= 0.6 is 23.2 Å². The van der Waals surface area contributed by atoms with Crippen LogP contribution in [0.1, 0.15) is 190 Å². The molecule has 21 nitrogen and oxygen atoms in total. The summed E-state index contributed by atoms with van der Waals surface area (Å²) in [6, 6.07) is 76.8. The van der Waals surface area contributed by atoms with E-state index in [0.717, 1.165) is 120 Å². The summed E-state index contributed by atoms with van der Waals surface area (Å²) in [5, 5.41) is 72.6. The lowest BCUT2D eigenvalue weighted by atomic mass is 10.0. The molecule has 0 saturated heterocycles. The van der Waals surface area contributed by atoms with Gasteiger partial charge in [0.1, 0.15) is 75.7 Å². The minimum atomic E-state index is -1.01. The Hall–Kier alpha value is -15.1. The standard InChI is InChI=1S/C23H21N3O.C21H20ClFN2O.C20H17ClF2N2O.C20H19N3O3.C17H18N4O/c1-2-8-21(17-9-4-3-5-10-17)26-23(27)19(16-24)15-18-13-14-25-22-12-7-6-11-20(18)22;1-3-7-19(15-8-5-4-6-9-15)25-21(26)16(13-24)12-17-18(22)11-10-14(2)20(17)23;1-2-6-18(13-7-4-3-5-8-13)25-20(26)14(12-24)11-15-17(22)10-9-16(21)19(15)23;1-2-6-19(16-7-4-3-5-8-16)22-20(24)17(14-21)13-15-9-11-18(12-10-15)23(25)26;1-2-6-15(13-7-4-3-5-8-13)21-17(22)14(12-18)11-16-19-9-10-20-16/h3-7,9-15,21H,2,8H2,1H3,(H,26,27);4-6,8-12,19H,3,7H2,1-2H3,(H,25,26);3-5,7-11,18H,2,6H2,1H3,(H,25,26);3-5,7-13,19H,2,6H2,1H3,(H,22,24);3-5,7-11,15H,2,6H2,1H3,(H,19,20)(H,21,22)/b19-15+;16-12+;14-11+;17-13+;14-11+/t21-;19-;18-;19-;15-/m00000/s1. The molecule has 0 bridgehead atoms. The van der Waals surface area contributed by atoms with Gasteiger partial charge in [-0.15, -0.1) is 0 Å². The number of nitro benzene ring substituents is 1. The average Bonchev–Trinajstić information content (AvgIpc) is 0.871. The fraction of sp³-hybridized carbons (Fsp3) is 0.208. The zero-order valence-electron chi connectivity index (χ0n) is 70.8. The molecule has 2 heterocycles. The summed E-state index contributed by atoms with van der Waals surface area (Å²) < 4.78 is 42.2. The quantitative estimate of drug-likeness (QED) is 0.00773. The fourth-order valence-corrected chi connectivity index (χ4v) is 13.3. The van der Waals surface area contributed by atoms with Crippen LogP contribution in [0.4, 0.5) is 18.9 Å². The first kappa shape index (κ1) is 99.0. The minimum Gasteiger partial charge on any atom is -0.345 e. The van der Waals surface area contributed by atoms with E-state index in [0.29, 0.717) is 23.4 Å². The number of amides is 5. The van der Waals surface area contributed by atoms with Crippen LogP contribution in [0.5, 0.6) is 0 Å². The van der Waals surface area contributed by atoms with Crippen molar-refractivity contribution in [1.29, 1.82) is 26.3 Å². The van der Waals surface area contributed by atoms with Crippen molar-refractivity contribution in [3.63, 3.8) is 0 Å². The smallest absolute Gasteiger partial charge is 0.269 e. The topological polar surface area (TPSA) is 349 Å². The molecule has 26 heteroatoms. The summed E-state index contributed by atoms with van der Waals surface area (Å²) in [5.74, 6) is -4.43. The lowest BCUT2D eigenvalue weighted by Gasteiger charge is -2.18. The molecule has 646 valence electrons. The Balaban J connectivity index is 0.000000218. The molecule has 5 amide bonds. The van der Waals surface area contributed by atoms with Gasteiger partial charge in [0.05, 0.1) is 50.7 Å². The van der Waals surface area contributed by atoms with E-state index in [4.69, 9.17) is 23.2 Å². The van der Waals surface area contributed by atoms with Crippen LogP contribution < -0.4 is 26.6 Å². The fourth-order valence-electron chi connectivity index (χ4n) is 12.9. The molecule has 6 N–H and O–H groups in total. The Kier molecular flexibility index (Phi) is 41.3. The van der Waals surface area contributed by atoms with Crippen LogP contribution in [-0.2, 0) is 24.0 Å². The number of H-pyrrole nitrogens is 1. The summed E-state index contributed by atoms with van der Waals surface area (Å²) >= 11 is 11.7. The maximum atomic E-state index is 14.3. The summed E-state index contributed by atoms with van der Waals surface area (Å²) in [7, 11) is 0. The van der Waals surface area contributed by atoms with E-state index in [1.165, 1.54) is 42.5 Å². The number of aromatic nitrogens is 3. The second-order valence-electron chi connectivity index (χ2n) is 28.6. The maximum absolute atomic E-state index is 14.3. The van der Waals surface area contributed by atoms with Crippen LogP contribution in [-0.4, -0.2) is 49.4 Å². The van der Waals surface area contributed by atoms with E-state index in [9.17, 15) is 73.6 Å². The number of para-hydroxylation sites is 1. The Morgan fingerprint density at radius 3 is 1.12 bits per heavy atom. The van der Waals surface area contributed by atoms with Gasteiger partial charge in [0.25, 0.3) is 35.2 Å². The molecule has 0 saturated carbocycles. The second-order valence-corrected chi connectivity index (χ2v) is 29.4. The van der Waals surface area contributed by atoms with E-state index < -0.39 is 51.2 Å². The van der Waals surface area contributed by atoms with Gasteiger partial charge in [-0.25, -0.2) is 18.2 Å². The van der Waals surface area contributed by atoms with Crippen molar-refractivity contribution in [1.82, 2.24) is 41.5 Å². The van der Waals surface area contributed by atoms with Crippen LogP contribution in [0.25, 0.3) is 41.3 Å². The molecule has 11 aromatic rings. The number of rotatable bonds is 31. The monoisotopic (exact) mass is 1740 g/mol. The predicted molar refractivity (Wildman–Crippen MR) is 490 cm³/mol. The van der Waals surface area contributed by atoms with Crippen molar-refractivity contribution in [3.05, 3.63) is 376 Å². The number of aromatic amines is 1. The molecule has 11 rings (SSSR count). The summed E-state index contributed by atoms with van der Waals surface area (Å²) in [6.45, 7) is 11.8. The molecule has 0 aliphatic rings. The van der Waals surface area contributed by atoms with Gasteiger partial charge in [-0.2, -0.15) is 26.3 Å². The lowest BCUT2D eigenvalue weighted by molar-refractivity contribution is -0.384. The van der Waals surface area contributed by atoms with Crippen LogP contribution in [0.2, 0.25) is 10.0 Å². The van der Waals surface area contributed by atoms with Gasteiger partial charge >= 0.3 is 0 Å². The minimum absolute atomic E-state index is 0.0342. The number of imidazole rings is 1. The average molecular weight is 1740 g/mol. The van der Waals surface area contributed by atoms with Gasteiger partial charge in [0.15, 0.2) is 5.82 Å². The van der Waals surface area contributed by atoms with Gasteiger partial charge < -0.3 is 31.6 Å². The zero-order chi connectivity index (χ0) is 92.0. The van der Waals surface area contributed by atoms with Crippen molar-refractivity contribution in [2.24, 2.45) is 0 Å². The molecule has 2 aromatic heterocycles. The number of hydrogen-bond donors (Lipinski definition) is 6. The van der Waals surface area contributed by atoms with Crippen LogP contribution in [0.15, 0.2) is 277 Å². The third-order valence-corrected chi connectivity index (χ3v) is 20.0. The molecular formula is C101H95Cl2F3N14O7. The van der Waals surface area contributed by atoms with E-state index >= 15 is 0 Å². The maximum Gasteiger partial charge on any atom is 0.269 e. The molecule has 5 atom stereocenters. The van der Waals surface area contributed by atoms with E-state index in [1.807, 2.05) is 227 Å². The molecule has 0 fully saturated rings. The Morgan fingerprint density at radius 2 is 0.756 bits per heavy atom. The normalized spacial score (nSPS) is 12.3. The number of nitro groups is 1. The number of nitrogens with one attached hydrogen (secondary N) is 6. The number of benzene rings is 9. The highest BCUT2D eigenvalue weighted by molar-refractivity contribution is 6.32. The van der Waals surface area contributed by atoms with Gasteiger partial charge in [0.2, 0.25) is 0 Å². The number of nitriles is 5. The molecule has 0 aliphatic carbocycles. The van der Waals surface area contributed by atoms with Crippen molar-refractivity contribution in [2.75, 3.05) is 0 Å². The number of pyridine rings is 1. The number of hydrogen-bond acceptors (Lipinski definition) is 14. The van der Waals surface area contributed by atoms with Crippen molar-refractivity contribution >= 4 is 99.7 Å². The molecular weight excluding hydrogens is 1650 g/mol. The Bertz CT molecular complexity index is 5760. The van der Waals surface area contributed by atoms with Gasteiger partial charge in [-0.1, -0.05) is 266 Å². The number of aryl methyl sites for hydroxylation is 1. The molecule has 0 radical (unpaired) electrons. The number of carbonyl (C=O) groups is 5. The largest absolute Gasteiger partial charge is 0.345 e. The first-order valence-corrected chi connectivity index (χ1v) is 41.8. The van der Waals surface area contributed by atoms with Gasteiger partial charge in [0, 0.05) is 53.3 Å². The van der Waals surface area contributed by atoms with Crippen molar-refractivity contribution in [3.8, 4) is 30.3 Å². The molecule has 0 spiro atoms. The number of halogens is 5. The van der Waals surface area contributed by atoms with Crippen molar-refractivity contribution < 1.29 is 42.1 Å².